The Hall–Kier alpha value is -1.32. The van der Waals surface area contributed by atoms with Gasteiger partial charge in [-0.2, -0.15) is 0 Å². The third-order valence-electron chi connectivity index (χ3n) is 3.94. The Kier molecular flexibility index (Phi) is 3.46. The number of benzene rings is 1. The number of hydrogen-bond acceptors (Lipinski definition) is 2. The Morgan fingerprint density at radius 2 is 1.94 bits per heavy atom. The SMILES string of the molecule is Cc1cccc2c(C(CN)N(C)C)c(C)n(C)c12. The van der Waals surface area contributed by atoms with Crippen molar-refractivity contribution >= 4 is 10.9 Å². The van der Waals surface area contributed by atoms with E-state index in [1.165, 1.54) is 27.7 Å². The van der Waals surface area contributed by atoms with E-state index in [0.717, 1.165) is 0 Å². The van der Waals surface area contributed by atoms with Gasteiger partial charge < -0.3 is 15.2 Å². The Morgan fingerprint density at radius 3 is 2.50 bits per heavy atom. The van der Waals surface area contributed by atoms with E-state index in [9.17, 15) is 0 Å². The average Bonchev–Trinajstić information content (AvgIpc) is 2.56. The molecule has 3 nitrogen and oxygen atoms in total. The second kappa shape index (κ2) is 4.75. The van der Waals surface area contributed by atoms with E-state index in [0.29, 0.717) is 6.54 Å². The molecule has 2 N–H and O–H groups in total. The molecule has 2 rings (SSSR count). The van der Waals surface area contributed by atoms with Crippen LogP contribution in [0.15, 0.2) is 18.2 Å². The van der Waals surface area contributed by atoms with Crippen molar-refractivity contribution in [1.29, 1.82) is 0 Å². The van der Waals surface area contributed by atoms with E-state index in [2.05, 4.69) is 62.7 Å². The molecule has 0 aliphatic carbocycles. The summed E-state index contributed by atoms with van der Waals surface area (Å²) in [6, 6.07) is 6.77. The van der Waals surface area contributed by atoms with Gasteiger partial charge in [-0.1, -0.05) is 18.2 Å². The molecular weight excluding hydrogens is 222 g/mol. The van der Waals surface area contributed by atoms with Crippen LogP contribution in [-0.4, -0.2) is 30.1 Å². The fourth-order valence-electron chi connectivity index (χ4n) is 2.87. The molecule has 0 saturated carbocycles. The maximum absolute atomic E-state index is 5.96. The van der Waals surface area contributed by atoms with E-state index in [1.54, 1.807) is 0 Å². The molecule has 0 bridgehead atoms. The Morgan fingerprint density at radius 1 is 1.28 bits per heavy atom. The first-order chi connectivity index (χ1) is 8.49. The van der Waals surface area contributed by atoms with Crippen LogP contribution >= 0.6 is 0 Å². The number of aryl methyl sites for hydroxylation is 2. The summed E-state index contributed by atoms with van der Waals surface area (Å²) in [6.45, 7) is 4.99. The Labute approximate surface area is 109 Å². The van der Waals surface area contributed by atoms with Crippen LogP contribution < -0.4 is 5.73 Å². The van der Waals surface area contributed by atoms with E-state index in [-0.39, 0.29) is 6.04 Å². The first kappa shape index (κ1) is 13.1. The molecule has 18 heavy (non-hydrogen) atoms. The van der Waals surface area contributed by atoms with Crippen LogP contribution in [0.5, 0.6) is 0 Å². The molecule has 1 atom stereocenters. The standard InChI is InChI=1S/C15H23N3/c1-10-7-6-8-12-14(13(9-16)17(3)4)11(2)18(5)15(10)12/h6-8,13H,9,16H2,1-5H3. The first-order valence-electron chi connectivity index (χ1n) is 6.40. The van der Waals surface area contributed by atoms with Gasteiger partial charge in [0.05, 0.1) is 5.52 Å². The van der Waals surface area contributed by atoms with Gasteiger partial charge in [-0.05, 0) is 39.1 Å². The zero-order chi connectivity index (χ0) is 13.4. The lowest BCUT2D eigenvalue weighted by Crippen LogP contribution is -2.27. The lowest BCUT2D eigenvalue weighted by molar-refractivity contribution is 0.306. The van der Waals surface area contributed by atoms with Gasteiger partial charge in [0.15, 0.2) is 0 Å². The summed E-state index contributed by atoms with van der Waals surface area (Å²) in [5, 5.41) is 1.33. The number of fused-ring (bicyclic) bond motifs is 1. The largest absolute Gasteiger partial charge is 0.347 e. The summed E-state index contributed by atoms with van der Waals surface area (Å²) in [4.78, 5) is 2.20. The highest BCUT2D eigenvalue weighted by Gasteiger charge is 2.21. The van der Waals surface area contributed by atoms with Gasteiger partial charge in [-0.3, -0.25) is 0 Å². The van der Waals surface area contributed by atoms with E-state index in [4.69, 9.17) is 5.73 Å². The predicted octanol–water partition coefficient (Wildman–Crippen LogP) is 2.36. The minimum Gasteiger partial charge on any atom is -0.347 e. The molecule has 0 radical (unpaired) electrons. The number of aromatic nitrogens is 1. The molecule has 1 heterocycles. The number of nitrogens with zero attached hydrogens (tertiary/aromatic N) is 2. The third-order valence-corrected chi connectivity index (χ3v) is 3.94. The highest BCUT2D eigenvalue weighted by molar-refractivity contribution is 5.88. The van der Waals surface area contributed by atoms with Crippen LogP contribution in [0, 0.1) is 13.8 Å². The second-order valence-electron chi connectivity index (χ2n) is 5.24. The minimum absolute atomic E-state index is 0.274. The highest BCUT2D eigenvalue weighted by Crippen LogP contribution is 2.33. The summed E-state index contributed by atoms with van der Waals surface area (Å²) >= 11 is 0. The molecule has 2 aromatic rings. The molecule has 0 aliphatic heterocycles. The van der Waals surface area contributed by atoms with Crippen molar-refractivity contribution in [2.24, 2.45) is 12.8 Å². The Balaban J connectivity index is 2.79. The van der Waals surface area contributed by atoms with Crippen LogP contribution in [0.1, 0.15) is 22.9 Å². The van der Waals surface area contributed by atoms with Crippen molar-refractivity contribution in [3.63, 3.8) is 0 Å². The molecule has 0 spiro atoms. The summed E-state index contributed by atoms with van der Waals surface area (Å²) in [5.74, 6) is 0. The van der Waals surface area contributed by atoms with Crippen LogP contribution in [0.3, 0.4) is 0 Å². The number of para-hydroxylation sites is 1. The van der Waals surface area contributed by atoms with Gasteiger partial charge in [0.2, 0.25) is 0 Å². The molecule has 1 unspecified atom stereocenters. The van der Waals surface area contributed by atoms with E-state index in [1.807, 2.05) is 0 Å². The Bertz CT molecular complexity index is 567. The van der Waals surface area contributed by atoms with E-state index >= 15 is 0 Å². The summed E-state index contributed by atoms with van der Waals surface area (Å²) in [5.41, 5.74) is 11.3. The van der Waals surface area contributed by atoms with Gasteiger partial charge >= 0.3 is 0 Å². The average molecular weight is 245 g/mol. The smallest absolute Gasteiger partial charge is 0.0513 e. The lowest BCUT2D eigenvalue weighted by Gasteiger charge is -2.23. The summed E-state index contributed by atoms with van der Waals surface area (Å²) < 4.78 is 2.28. The predicted molar refractivity (Wildman–Crippen MR) is 77.9 cm³/mol. The quantitative estimate of drug-likeness (QED) is 0.900. The molecule has 3 heteroatoms. The number of likely N-dealkylation sites (N-methyl/N-ethyl adjacent to an activating group) is 1. The summed E-state index contributed by atoms with van der Waals surface area (Å²) in [7, 11) is 6.31. The molecule has 0 fully saturated rings. The van der Waals surface area contributed by atoms with Crippen LogP contribution in [0.2, 0.25) is 0 Å². The van der Waals surface area contributed by atoms with Gasteiger partial charge in [-0.15, -0.1) is 0 Å². The van der Waals surface area contributed by atoms with Crippen molar-refractivity contribution in [3.05, 3.63) is 35.0 Å². The van der Waals surface area contributed by atoms with Crippen molar-refractivity contribution in [2.45, 2.75) is 19.9 Å². The molecular formula is C15H23N3. The normalized spacial score (nSPS) is 13.5. The van der Waals surface area contributed by atoms with Gasteiger partial charge in [0, 0.05) is 30.7 Å². The maximum atomic E-state index is 5.96. The number of hydrogen-bond donors (Lipinski definition) is 1. The molecule has 1 aromatic carbocycles. The minimum atomic E-state index is 0.274. The van der Waals surface area contributed by atoms with Crippen LogP contribution in [-0.2, 0) is 7.05 Å². The van der Waals surface area contributed by atoms with Gasteiger partial charge in [0.1, 0.15) is 0 Å². The van der Waals surface area contributed by atoms with Crippen molar-refractivity contribution in [2.75, 3.05) is 20.6 Å². The highest BCUT2D eigenvalue weighted by atomic mass is 15.1. The lowest BCUT2D eigenvalue weighted by atomic mass is 10.0. The zero-order valence-electron chi connectivity index (χ0n) is 12.0. The van der Waals surface area contributed by atoms with Gasteiger partial charge in [-0.25, -0.2) is 0 Å². The molecule has 98 valence electrons. The van der Waals surface area contributed by atoms with Crippen molar-refractivity contribution in [1.82, 2.24) is 9.47 Å². The third kappa shape index (κ3) is 1.84. The fraction of sp³-hybridized carbons (Fsp3) is 0.467. The number of nitrogens with two attached hydrogens (primary N) is 1. The number of rotatable bonds is 3. The second-order valence-corrected chi connectivity index (χ2v) is 5.24. The van der Waals surface area contributed by atoms with Gasteiger partial charge in [0.25, 0.3) is 0 Å². The van der Waals surface area contributed by atoms with Crippen LogP contribution in [0.25, 0.3) is 10.9 Å². The van der Waals surface area contributed by atoms with E-state index < -0.39 is 0 Å². The van der Waals surface area contributed by atoms with Crippen molar-refractivity contribution in [3.8, 4) is 0 Å². The molecule has 0 amide bonds. The molecule has 1 aromatic heterocycles. The first-order valence-corrected chi connectivity index (χ1v) is 6.40. The van der Waals surface area contributed by atoms with Crippen LogP contribution in [0.4, 0.5) is 0 Å². The monoisotopic (exact) mass is 245 g/mol. The topological polar surface area (TPSA) is 34.2 Å². The zero-order valence-corrected chi connectivity index (χ0v) is 12.0. The summed E-state index contributed by atoms with van der Waals surface area (Å²) in [6.07, 6.45) is 0. The maximum Gasteiger partial charge on any atom is 0.0513 e. The molecule has 0 saturated heterocycles. The molecule has 0 aliphatic rings. The fourth-order valence-corrected chi connectivity index (χ4v) is 2.87. The van der Waals surface area contributed by atoms with Crippen molar-refractivity contribution < 1.29 is 0 Å².